The molecule has 1 aromatic rings. The molecule has 0 spiro atoms. The van der Waals surface area contributed by atoms with E-state index in [4.69, 9.17) is 4.74 Å². The summed E-state index contributed by atoms with van der Waals surface area (Å²) in [6.07, 6.45) is 0. The first-order valence-corrected chi connectivity index (χ1v) is 5.30. The van der Waals surface area contributed by atoms with Crippen molar-refractivity contribution < 1.29 is 9.66 Å². The van der Waals surface area contributed by atoms with E-state index in [0.717, 1.165) is 5.75 Å². The summed E-state index contributed by atoms with van der Waals surface area (Å²) in [5, 5.41) is 10.7. The molecule has 0 aliphatic carbocycles. The Morgan fingerprint density at radius 1 is 1.50 bits per heavy atom. The van der Waals surface area contributed by atoms with Crippen molar-refractivity contribution in [3.8, 4) is 0 Å². The first-order valence-electron chi connectivity index (χ1n) is 4.25. The Morgan fingerprint density at radius 3 is 2.93 bits per heavy atom. The Kier molecular flexibility index (Phi) is 2.69. The minimum Gasteiger partial charge on any atom is -0.362 e. The molecule has 0 bridgehead atoms. The van der Waals surface area contributed by atoms with Gasteiger partial charge in [0.05, 0.1) is 17.1 Å². The van der Waals surface area contributed by atoms with Gasteiger partial charge in [-0.25, -0.2) is 0 Å². The van der Waals surface area contributed by atoms with Crippen LogP contribution in [0.4, 0.5) is 5.69 Å². The summed E-state index contributed by atoms with van der Waals surface area (Å²) < 4.78 is 5.39. The first kappa shape index (κ1) is 9.48. The van der Waals surface area contributed by atoms with Crippen LogP contribution < -0.4 is 0 Å². The van der Waals surface area contributed by atoms with E-state index >= 15 is 0 Å². The van der Waals surface area contributed by atoms with E-state index in [2.05, 4.69) is 0 Å². The summed E-state index contributed by atoms with van der Waals surface area (Å²) in [5.74, 6) is 0.900. The quantitative estimate of drug-likeness (QED) is 0.556. The summed E-state index contributed by atoms with van der Waals surface area (Å²) in [6, 6.07) is 6.73. The molecule has 0 saturated carbocycles. The van der Waals surface area contributed by atoms with Crippen LogP contribution in [-0.2, 0) is 4.74 Å². The highest BCUT2D eigenvalue weighted by Gasteiger charge is 2.25. The van der Waals surface area contributed by atoms with Crippen LogP contribution in [-0.4, -0.2) is 17.3 Å². The number of para-hydroxylation sites is 1. The molecule has 1 aromatic carbocycles. The average Bonchev–Trinajstić information content (AvgIpc) is 2.70. The second-order valence-electron chi connectivity index (χ2n) is 2.89. The minimum absolute atomic E-state index is 0.145. The third kappa shape index (κ3) is 1.73. The topological polar surface area (TPSA) is 52.4 Å². The van der Waals surface area contributed by atoms with Crippen LogP contribution in [0.25, 0.3) is 0 Å². The number of nitro benzene ring substituents is 1. The van der Waals surface area contributed by atoms with Crippen molar-refractivity contribution in [1.82, 2.24) is 0 Å². The molecule has 0 radical (unpaired) electrons. The van der Waals surface area contributed by atoms with Crippen LogP contribution in [0.15, 0.2) is 24.3 Å². The molecular weight excluding hydrogens is 202 g/mol. The summed E-state index contributed by atoms with van der Waals surface area (Å²) in [4.78, 5) is 10.4. The number of rotatable bonds is 2. The van der Waals surface area contributed by atoms with Crippen molar-refractivity contribution in [1.29, 1.82) is 0 Å². The fourth-order valence-corrected chi connectivity index (χ4v) is 2.37. The van der Waals surface area contributed by atoms with Gasteiger partial charge < -0.3 is 4.74 Å². The van der Waals surface area contributed by atoms with E-state index in [1.165, 1.54) is 6.07 Å². The molecule has 14 heavy (non-hydrogen) atoms. The van der Waals surface area contributed by atoms with Gasteiger partial charge >= 0.3 is 0 Å². The molecule has 1 atom stereocenters. The van der Waals surface area contributed by atoms with E-state index < -0.39 is 0 Å². The predicted octanol–water partition coefficient (Wildman–Crippen LogP) is 2.36. The average molecular weight is 211 g/mol. The standard InChI is InChI=1S/C9H9NO3S/c11-10(12)8-4-2-1-3-7(8)9-13-5-6-14-9/h1-4,9H,5-6H2. The number of ether oxygens (including phenoxy) is 1. The fourth-order valence-electron chi connectivity index (χ4n) is 1.39. The molecule has 0 amide bonds. The van der Waals surface area contributed by atoms with Crippen molar-refractivity contribution >= 4 is 17.4 Å². The van der Waals surface area contributed by atoms with Crippen LogP contribution in [0, 0.1) is 10.1 Å². The van der Waals surface area contributed by atoms with Gasteiger partial charge in [-0.15, -0.1) is 11.8 Å². The number of thioether (sulfide) groups is 1. The lowest BCUT2D eigenvalue weighted by atomic mass is 10.2. The van der Waals surface area contributed by atoms with E-state index in [1.54, 1.807) is 30.0 Å². The molecule has 1 aliphatic heterocycles. The van der Waals surface area contributed by atoms with Gasteiger partial charge in [-0.2, -0.15) is 0 Å². The maximum absolute atomic E-state index is 10.7. The number of hydrogen-bond donors (Lipinski definition) is 0. The SMILES string of the molecule is O=[N+]([O-])c1ccccc1C1OCCS1. The van der Waals surface area contributed by atoms with E-state index in [1.807, 2.05) is 0 Å². The highest BCUT2D eigenvalue weighted by Crippen LogP contribution is 2.39. The monoisotopic (exact) mass is 211 g/mol. The fraction of sp³-hybridized carbons (Fsp3) is 0.333. The predicted molar refractivity (Wildman–Crippen MR) is 54.2 cm³/mol. The maximum atomic E-state index is 10.7. The second kappa shape index (κ2) is 3.98. The molecule has 1 saturated heterocycles. The van der Waals surface area contributed by atoms with Crippen molar-refractivity contribution in [2.45, 2.75) is 5.44 Å². The molecule has 0 aromatic heterocycles. The largest absolute Gasteiger partial charge is 0.362 e. The highest BCUT2D eigenvalue weighted by molar-refractivity contribution is 7.99. The Balaban J connectivity index is 2.35. The lowest BCUT2D eigenvalue weighted by molar-refractivity contribution is -0.385. The van der Waals surface area contributed by atoms with E-state index in [0.29, 0.717) is 12.2 Å². The summed E-state index contributed by atoms with van der Waals surface area (Å²) in [5.41, 5.74) is 0.642. The van der Waals surface area contributed by atoms with E-state index in [9.17, 15) is 10.1 Å². The summed E-state index contributed by atoms with van der Waals surface area (Å²) in [6.45, 7) is 0.668. The van der Waals surface area contributed by atoms with Crippen LogP contribution in [0.3, 0.4) is 0 Å². The van der Waals surface area contributed by atoms with Gasteiger partial charge in [0.15, 0.2) is 0 Å². The molecule has 1 unspecified atom stereocenters. The third-order valence-corrected chi connectivity index (χ3v) is 3.10. The molecule has 0 N–H and O–H groups in total. The molecule has 1 heterocycles. The number of hydrogen-bond acceptors (Lipinski definition) is 4. The zero-order chi connectivity index (χ0) is 9.97. The van der Waals surface area contributed by atoms with Crippen LogP contribution in [0.5, 0.6) is 0 Å². The lowest BCUT2D eigenvalue weighted by Crippen LogP contribution is -1.99. The van der Waals surface area contributed by atoms with Gasteiger partial charge in [0.2, 0.25) is 0 Å². The van der Waals surface area contributed by atoms with Gasteiger partial charge in [0.1, 0.15) is 5.44 Å². The Bertz CT molecular complexity index is 350. The molecule has 74 valence electrons. The van der Waals surface area contributed by atoms with Crippen LogP contribution >= 0.6 is 11.8 Å². The zero-order valence-electron chi connectivity index (χ0n) is 7.38. The molecule has 5 heteroatoms. The third-order valence-electron chi connectivity index (χ3n) is 2.01. The highest BCUT2D eigenvalue weighted by atomic mass is 32.2. The molecule has 4 nitrogen and oxygen atoms in total. The van der Waals surface area contributed by atoms with Crippen LogP contribution in [0.1, 0.15) is 11.0 Å². The molecule has 1 fully saturated rings. The van der Waals surface area contributed by atoms with Crippen molar-refractivity contribution in [2.75, 3.05) is 12.4 Å². The second-order valence-corrected chi connectivity index (χ2v) is 4.06. The first-order chi connectivity index (χ1) is 6.79. The van der Waals surface area contributed by atoms with Crippen molar-refractivity contribution in [3.05, 3.63) is 39.9 Å². The molecular formula is C9H9NO3S. The number of nitro groups is 1. The smallest absolute Gasteiger partial charge is 0.276 e. The number of nitrogens with zero attached hydrogens (tertiary/aromatic N) is 1. The Hall–Kier alpha value is -1.07. The van der Waals surface area contributed by atoms with Gasteiger partial charge in [0.25, 0.3) is 5.69 Å². The summed E-state index contributed by atoms with van der Waals surface area (Å²) in [7, 11) is 0. The normalized spacial score (nSPS) is 21.0. The van der Waals surface area contributed by atoms with E-state index in [-0.39, 0.29) is 16.0 Å². The van der Waals surface area contributed by atoms with Gasteiger partial charge in [-0.3, -0.25) is 10.1 Å². The number of benzene rings is 1. The van der Waals surface area contributed by atoms with Gasteiger partial charge in [-0.1, -0.05) is 12.1 Å². The molecule has 2 rings (SSSR count). The van der Waals surface area contributed by atoms with Crippen molar-refractivity contribution in [2.24, 2.45) is 0 Å². The zero-order valence-corrected chi connectivity index (χ0v) is 8.20. The Labute approximate surface area is 85.4 Å². The van der Waals surface area contributed by atoms with Crippen LogP contribution in [0.2, 0.25) is 0 Å². The lowest BCUT2D eigenvalue weighted by Gasteiger charge is -2.08. The summed E-state index contributed by atoms with van der Waals surface area (Å²) >= 11 is 1.60. The maximum Gasteiger partial charge on any atom is 0.276 e. The minimum atomic E-state index is -0.364. The Morgan fingerprint density at radius 2 is 2.29 bits per heavy atom. The molecule has 1 aliphatic rings. The van der Waals surface area contributed by atoms with Gasteiger partial charge in [0, 0.05) is 11.8 Å². The van der Waals surface area contributed by atoms with Gasteiger partial charge in [-0.05, 0) is 6.07 Å². The van der Waals surface area contributed by atoms with Crippen molar-refractivity contribution in [3.63, 3.8) is 0 Å².